The highest BCUT2D eigenvalue weighted by molar-refractivity contribution is 6.32. The maximum Gasteiger partial charge on any atom is 0.138 e. The summed E-state index contributed by atoms with van der Waals surface area (Å²) < 4.78 is 6.29. The Kier molecular flexibility index (Phi) is 6.91. The molecule has 8 heteroatoms. The highest BCUT2D eigenvalue weighted by atomic mass is 35.5. The molecule has 0 aliphatic carbocycles. The first kappa shape index (κ1) is 24.8. The molecule has 1 N–H and O–H groups in total. The Morgan fingerprint density at radius 1 is 1.11 bits per heavy atom. The van der Waals surface area contributed by atoms with Crippen LogP contribution in [0.2, 0.25) is 5.02 Å². The second-order valence-corrected chi connectivity index (χ2v) is 11.9. The van der Waals surface area contributed by atoms with Crippen molar-refractivity contribution in [2.45, 2.75) is 57.2 Å². The van der Waals surface area contributed by atoms with Crippen LogP contribution in [-0.4, -0.2) is 73.9 Å². The summed E-state index contributed by atoms with van der Waals surface area (Å²) in [5.41, 5.74) is 1.99. The van der Waals surface area contributed by atoms with Crippen LogP contribution in [0.4, 0.5) is 11.5 Å². The van der Waals surface area contributed by atoms with Gasteiger partial charge in [-0.3, -0.25) is 4.90 Å². The molecule has 6 rings (SSSR count). The second-order valence-electron chi connectivity index (χ2n) is 11.5. The number of nitrogens with one attached hydrogen (secondary N) is 1. The van der Waals surface area contributed by atoms with Crippen LogP contribution in [-0.2, 0) is 0 Å². The third-order valence-corrected chi connectivity index (χ3v) is 9.41. The Bertz CT molecular complexity index is 1130. The largest absolute Gasteiger partial charge is 0.489 e. The summed E-state index contributed by atoms with van der Waals surface area (Å²) in [6.45, 7) is 9.93. The van der Waals surface area contributed by atoms with E-state index < -0.39 is 0 Å². The van der Waals surface area contributed by atoms with Crippen LogP contribution in [0.5, 0.6) is 5.75 Å². The fourth-order valence-corrected chi connectivity index (χ4v) is 6.94. The molecule has 0 radical (unpaired) electrons. The minimum atomic E-state index is 0.296. The van der Waals surface area contributed by atoms with Gasteiger partial charge in [0.1, 0.15) is 23.7 Å². The number of rotatable bonds is 5. The first-order valence-electron chi connectivity index (χ1n) is 13.8. The molecule has 7 nitrogen and oxygen atoms in total. The quantitative estimate of drug-likeness (QED) is 0.630. The number of hydrogen-bond donors (Lipinski definition) is 1. The van der Waals surface area contributed by atoms with Gasteiger partial charge in [0, 0.05) is 63.6 Å². The van der Waals surface area contributed by atoms with Gasteiger partial charge in [0.25, 0.3) is 0 Å². The van der Waals surface area contributed by atoms with Gasteiger partial charge < -0.3 is 19.9 Å². The SMILES string of the molecule is C[C@H]1CC2(CCN(c3ccc(OC4CCN(C5CNC5)CC4)cn3)CC2)CN1c1ccc(C#N)c(Cl)c1. The molecule has 0 saturated carbocycles. The summed E-state index contributed by atoms with van der Waals surface area (Å²) >= 11 is 6.33. The third-order valence-electron chi connectivity index (χ3n) is 9.10. The lowest BCUT2D eigenvalue weighted by atomic mass is 9.77. The first-order valence-corrected chi connectivity index (χ1v) is 14.2. The number of nitrogens with zero attached hydrogens (tertiary/aromatic N) is 5. The predicted molar refractivity (Wildman–Crippen MR) is 148 cm³/mol. The first-order chi connectivity index (χ1) is 18.0. The number of benzene rings is 1. The molecule has 4 aliphatic rings. The van der Waals surface area contributed by atoms with E-state index in [0.29, 0.717) is 28.1 Å². The average molecular weight is 521 g/mol. The smallest absolute Gasteiger partial charge is 0.138 e. The van der Waals surface area contributed by atoms with Gasteiger partial charge in [-0.2, -0.15) is 5.26 Å². The molecule has 4 aliphatic heterocycles. The van der Waals surface area contributed by atoms with E-state index in [0.717, 1.165) is 94.8 Å². The van der Waals surface area contributed by atoms with E-state index in [1.54, 1.807) is 0 Å². The normalized spacial score (nSPS) is 24.7. The predicted octanol–water partition coefficient (Wildman–Crippen LogP) is 4.31. The van der Waals surface area contributed by atoms with Crippen molar-refractivity contribution in [2.24, 2.45) is 5.41 Å². The molecule has 0 amide bonds. The Balaban J connectivity index is 1.01. The summed E-state index contributed by atoms with van der Waals surface area (Å²) in [5.74, 6) is 1.94. The van der Waals surface area contributed by atoms with E-state index in [1.807, 2.05) is 24.4 Å². The molecule has 1 spiro atoms. The van der Waals surface area contributed by atoms with Gasteiger partial charge in [0.15, 0.2) is 0 Å². The summed E-state index contributed by atoms with van der Waals surface area (Å²) in [4.78, 5) is 12.3. The minimum absolute atomic E-state index is 0.296. The van der Waals surface area contributed by atoms with E-state index in [-0.39, 0.29) is 0 Å². The molecular formula is C29H37ClN6O. The molecular weight excluding hydrogens is 484 g/mol. The summed E-state index contributed by atoms with van der Waals surface area (Å²) in [7, 11) is 0. The summed E-state index contributed by atoms with van der Waals surface area (Å²) in [6.07, 6.45) is 7.91. The standard InChI is InChI=1S/C29H37ClN6O/c1-21-15-29(20-36(21)23-3-2-22(16-31)27(30)14-23)8-12-35(13-9-29)28-5-4-26(19-33-28)37-25-6-10-34(11-7-25)24-17-32-18-24/h2-5,14,19,21,24-25,32H,6-13,15,17-18,20H2,1H3/t21-/m0/s1. The van der Waals surface area contributed by atoms with Crippen LogP contribution >= 0.6 is 11.6 Å². The van der Waals surface area contributed by atoms with E-state index in [1.165, 1.54) is 6.42 Å². The minimum Gasteiger partial charge on any atom is -0.489 e. The van der Waals surface area contributed by atoms with E-state index in [9.17, 15) is 5.26 Å². The number of hydrogen-bond acceptors (Lipinski definition) is 7. The van der Waals surface area contributed by atoms with Gasteiger partial charge in [-0.15, -0.1) is 0 Å². The molecule has 1 aromatic heterocycles. The van der Waals surface area contributed by atoms with Crippen molar-refractivity contribution in [3.8, 4) is 11.8 Å². The highest BCUT2D eigenvalue weighted by Gasteiger charge is 2.44. The summed E-state index contributed by atoms with van der Waals surface area (Å²) in [5, 5.41) is 13.1. The number of ether oxygens (including phenoxy) is 1. The number of nitriles is 1. The average Bonchev–Trinajstić information content (AvgIpc) is 3.20. The van der Waals surface area contributed by atoms with Crippen molar-refractivity contribution in [2.75, 3.05) is 55.6 Å². The van der Waals surface area contributed by atoms with Crippen molar-refractivity contribution in [3.63, 3.8) is 0 Å². The second kappa shape index (κ2) is 10.3. The van der Waals surface area contributed by atoms with Gasteiger partial charge in [0.05, 0.1) is 16.8 Å². The van der Waals surface area contributed by atoms with Gasteiger partial charge in [-0.1, -0.05) is 11.6 Å². The zero-order valence-corrected chi connectivity index (χ0v) is 22.5. The van der Waals surface area contributed by atoms with E-state index in [2.05, 4.69) is 45.1 Å². The van der Waals surface area contributed by atoms with Crippen LogP contribution in [0, 0.1) is 16.7 Å². The molecule has 4 fully saturated rings. The van der Waals surface area contributed by atoms with Crippen molar-refractivity contribution >= 4 is 23.1 Å². The number of likely N-dealkylation sites (tertiary alicyclic amines) is 1. The van der Waals surface area contributed by atoms with Crippen molar-refractivity contribution in [1.82, 2.24) is 15.2 Å². The Labute approximate surface area is 225 Å². The Hall–Kier alpha value is -2.53. The third kappa shape index (κ3) is 5.12. The molecule has 1 atom stereocenters. The van der Waals surface area contributed by atoms with Crippen molar-refractivity contribution in [3.05, 3.63) is 47.1 Å². The topological polar surface area (TPSA) is 67.7 Å². The number of halogens is 1. The Morgan fingerprint density at radius 3 is 2.51 bits per heavy atom. The van der Waals surface area contributed by atoms with Crippen LogP contribution in [0.15, 0.2) is 36.5 Å². The number of aromatic nitrogens is 1. The zero-order chi connectivity index (χ0) is 25.4. The van der Waals surface area contributed by atoms with E-state index in [4.69, 9.17) is 21.3 Å². The molecule has 2 aromatic rings. The van der Waals surface area contributed by atoms with Crippen LogP contribution < -0.4 is 19.9 Å². The fraction of sp³-hybridized carbons (Fsp3) is 0.586. The lowest BCUT2D eigenvalue weighted by Gasteiger charge is -2.42. The molecule has 4 saturated heterocycles. The molecule has 0 unspecified atom stereocenters. The van der Waals surface area contributed by atoms with E-state index >= 15 is 0 Å². The monoisotopic (exact) mass is 520 g/mol. The summed E-state index contributed by atoms with van der Waals surface area (Å²) in [6, 6.07) is 13.4. The molecule has 37 heavy (non-hydrogen) atoms. The van der Waals surface area contributed by atoms with Crippen molar-refractivity contribution in [1.29, 1.82) is 5.26 Å². The van der Waals surface area contributed by atoms with Crippen LogP contribution in [0.3, 0.4) is 0 Å². The zero-order valence-electron chi connectivity index (χ0n) is 21.7. The number of anilines is 2. The molecule has 0 bridgehead atoms. The van der Waals surface area contributed by atoms with Gasteiger partial charge in [-0.25, -0.2) is 4.98 Å². The number of pyridine rings is 1. The van der Waals surface area contributed by atoms with Gasteiger partial charge in [0.2, 0.25) is 0 Å². The fourth-order valence-electron chi connectivity index (χ4n) is 6.72. The Morgan fingerprint density at radius 2 is 1.89 bits per heavy atom. The van der Waals surface area contributed by atoms with Crippen LogP contribution in [0.25, 0.3) is 0 Å². The van der Waals surface area contributed by atoms with Crippen LogP contribution in [0.1, 0.15) is 44.6 Å². The van der Waals surface area contributed by atoms with Gasteiger partial charge in [-0.05, 0) is 74.8 Å². The molecule has 196 valence electrons. The number of piperidine rings is 2. The molecule has 5 heterocycles. The maximum absolute atomic E-state index is 9.20. The maximum atomic E-state index is 9.20. The highest BCUT2D eigenvalue weighted by Crippen LogP contribution is 2.45. The lowest BCUT2D eigenvalue weighted by molar-refractivity contribution is 0.0581. The lowest BCUT2D eigenvalue weighted by Crippen LogP contribution is -2.59. The molecule has 1 aromatic carbocycles. The van der Waals surface area contributed by atoms with Crippen molar-refractivity contribution < 1.29 is 4.74 Å². The van der Waals surface area contributed by atoms with Gasteiger partial charge >= 0.3 is 0 Å².